The molecule has 0 amide bonds. The number of nitrogens with two attached hydrogens (primary N) is 1. The number of esters is 1. The molecule has 0 atom stereocenters. The number of hydrogen-bond acceptors (Lipinski definition) is 5. The minimum Gasteiger partial charge on any atom is -0.469 e. The number of benzene rings is 1. The van der Waals surface area contributed by atoms with E-state index in [9.17, 15) is 13.2 Å². The minimum absolute atomic E-state index is 0.0599. The van der Waals surface area contributed by atoms with Gasteiger partial charge in [-0.15, -0.1) is 0 Å². The maximum atomic E-state index is 11.9. The van der Waals surface area contributed by atoms with E-state index in [4.69, 9.17) is 17.3 Å². The Bertz CT molecular complexity index is 545. The van der Waals surface area contributed by atoms with Gasteiger partial charge in [0, 0.05) is 12.2 Å². The lowest BCUT2D eigenvalue weighted by Gasteiger charge is -2.08. The fraction of sp³-hybridized carbons (Fsp3) is 0.300. The normalized spacial score (nSPS) is 11.2. The molecule has 0 aliphatic carbocycles. The SMILES string of the molecule is COC(=O)CCNS(=O)(=O)c1cc(N)ccc1Cl. The third-order valence-corrected chi connectivity index (χ3v) is 4.04. The summed E-state index contributed by atoms with van der Waals surface area (Å²) in [6.07, 6.45) is -0.0599. The predicted octanol–water partition coefficient (Wildman–Crippen LogP) is 0.764. The molecule has 0 aliphatic heterocycles. The van der Waals surface area contributed by atoms with Crippen molar-refractivity contribution in [2.24, 2.45) is 0 Å². The highest BCUT2D eigenvalue weighted by Crippen LogP contribution is 2.23. The molecule has 0 fully saturated rings. The monoisotopic (exact) mass is 292 g/mol. The fourth-order valence-electron chi connectivity index (χ4n) is 1.19. The number of nitrogens with one attached hydrogen (secondary N) is 1. The van der Waals surface area contributed by atoms with E-state index in [1.807, 2.05) is 0 Å². The van der Waals surface area contributed by atoms with Crippen LogP contribution in [0, 0.1) is 0 Å². The van der Waals surface area contributed by atoms with Crippen molar-refractivity contribution in [3.05, 3.63) is 23.2 Å². The molecule has 1 aromatic carbocycles. The Labute approximate surface area is 110 Å². The maximum absolute atomic E-state index is 11.9. The molecule has 0 radical (unpaired) electrons. The van der Waals surface area contributed by atoms with Crippen molar-refractivity contribution in [2.75, 3.05) is 19.4 Å². The largest absolute Gasteiger partial charge is 0.469 e. The van der Waals surface area contributed by atoms with Crippen molar-refractivity contribution in [2.45, 2.75) is 11.3 Å². The molecule has 8 heteroatoms. The van der Waals surface area contributed by atoms with Gasteiger partial charge < -0.3 is 10.5 Å². The molecule has 3 N–H and O–H groups in total. The molecule has 0 bridgehead atoms. The van der Waals surface area contributed by atoms with Gasteiger partial charge in [-0.1, -0.05) is 11.6 Å². The van der Waals surface area contributed by atoms with Crippen LogP contribution in [0.4, 0.5) is 5.69 Å². The second-order valence-corrected chi connectivity index (χ2v) is 5.56. The van der Waals surface area contributed by atoms with E-state index in [0.29, 0.717) is 0 Å². The summed E-state index contributed by atoms with van der Waals surface area (Å²) in [5.41, 5.74) is 5.78. The third-order valence-electron chi connectivity index (χ3n) is 2.09. The number of rotatable bonds is 5. The highest BCUT2D eigenvalue weighted by molar-refractivity contribution is 7.89. The molecule has 6 nitrogen and oxygen atoms in total. The zero-order valence-electron chi connectivity index (χ0n) is 9.64. The summed E-state index contributed by atoms with van der Waals surface area (Å²) in [5.74, 6) is -0.503. The van der Waals surface area contributed by atoms with E-state index >= 15 is 0 Å². The summed E-state index contributed by atoms with van der Waals surface area (Å²) < 4.78 is 30.4. The van der Waals surface area contributed by atoms with Gasteiger partial charge in [0.1, 0.15) is 4.90 Å². The van der Waals surface area contributed by atoms with Crippen molar-refractivity contribution in [3.63, 3.8) is 0 Å². The molecule has 0 unspecified atom stereocenters. The number of anilines is 1. The van der Waals surface area contributed by atoms with Gasteiger partial charge in [0.05, 0.1) is 18.6 Å². The van der Waals surface area contributed by atoms with Crippen LogP contribution >= 0.6 is 11.6 Å². The zero-order chi connectivity index (χ0) is 13.8. The number of methoxy groups -OCH3 is 1. The van der Waals surface area contributed by atoms with E-state index in [0.717, 1.165) is 0 Å². The van der Waals surface area contributed by atoms with Gasteiger partial charge in [-0.25, -0.2) is 13.1 Å². The van der Waals surface area contributed by atoms with Crippen molar-refractivity contribution in [3.8, 4) is 0 Å². The van der Waals surface area contributed by atoms with Crippen LogP contribution < -0.4 is 10.5 Å². The Kier molecular flexibility index (Phi) is 4.94. The molecule has 100 valence electrons. The molecule has 1 rings (SSSR count). The maximum Gasteiger partial charge on any atom is 0.306 e. The average molecular weight is 293 g/mol. The second kappa shape index (κ2) is 6.03. The summed E-state index contributed by atoms with van der Waals surface area (Å²) in [7, 11) is -2.56. The smallest absolute Gasteiger partial charge is 0.306 e. The molecule has 0 heterocycles. The summed E-state index contributed by atoms with van der Waals surface area (Å²) in [6.45, 7) is -0.0693. The minimum atomic E-state index is -3.79. The lowest BCUT2D eigenvalue weighted by Crippen LogP contribution is -2.27. The fourth-order valence-corrected chi connectivity index (χ4v) is 2.76. The lowest BCUT2D eigenvalue weighted by atomic mass is 10.3. The summed E-state index contributed by atoms with van der Waals surface area (Å²) >= 11 is 5.78. The number of carbonyl (C=O) groups is 1. The highest BCUT2D eigenvalue weighted by atomic mass is 35.5. The number of ether oxygens (including phenoxy) is 1. The van der Waals surface area contributed by atoms with Crippen molar-refractivity contribution >= 4 is 33.3 Å². The predicted molar refractivity (Wildman–Crippen MR) is 67.7 cm³/mol. The van der Waals surface area contributed by atoms with E-state index in [1.54, 1.807) is 0 Å². The quantitative estimate of drug-likeness (QED) is 0.617. The molecule has 0 saturated heterocycles. The Hall–Kier alpha value is -1.31. The van der Waals surface area contributed by atoms with Gasteiger partial charge in [0.25, 0.3) is 0 Å². The van der Waals surface area contributed by atoms with Crippen LogP contribution in [0.5, 0.6) is 0 Å². The van der Waals surface area contributed by atoms with E-state index in [1.165, 1.54) is 25.3 Å². The van der Waals surface area contributed by atoms with E-state index in [2.05, 4.69) is 9.46 Å². The van der Waals surface area contributed by atoms with Crippen LogP contribution in [0.15, 0.2) is 23.1 Å². The molecule has 0 aliphatic rings. The van der Waals surface area contributed by atoms with Gasteiger partial charge in [-0.2, -0.15) is 0 Å². The van der Waals surface area contributed by atoms with Gasteiger partial charge in [0.15, 0.2) is 0 Å². The number of carbonyl (C=O) groups excluding carboxylic acids is 1. The number of sulfonamides is 1. The van der Waals surface area contributed by atoms with Crippen LogP contribution in [0.1, 0.15) is 6.42 Å². The van der Waals surface area contributed by atoms with Gasteiger partial charge in [-0.3, -0.25) is 4.79 Å². The Morgan fingerprint density at radius 1 is 1.50 bits per heavy atom. The zero-order valence-corrected chi connectivity index (χ0v) is 11.2. The molecule has 0 aromatic heterocycles. The number of halogens is 1. The molecule has 0 spiro atoms. The van der Waals surface area contributed by atoms with E-state index < -0.39 is 16.0 Å². The first-order valence-corrected chi connectivity index (χ1v) is 6.84. The van der Waals surface area contributed by atoms with Gasteiger partial charge >= 0.3 is 5.97 Å². The number of hydrogen-bond donors (Lipinski definition) is 2. The second-order valence-electron chi connectivity index (χ2n) is 3.41. The first-order chi connectivity index (χ1) is 8.36. The summed E-state index contributed by atoms with van der Waals surface area (Å²) in [4.78, 5) is 10.7. The van der Waals surface area contributed by atoms with Crippen LogP contribution in [-0.2, 0) is 19.6 Å². The highest BCUT2D eigenvalue weighted by Gasteiger charge is 2.18. The average Bonchev–Trinajstić information content (AvgIpc) is 2.31. The van der Waals surface area contributed by atoms with Crippen LogP contribution in [0.2, 0.25) is 5.02 Å². The lowest BCUT2D eigenvalue weighted by molar-refractivity contribution is -0.140. The molecule has 1 aromatic rings. The van der Waals surface area contributed by atoms with Gasteiger partial charge in [0.2, 0.25) is 10.0 Å². The first kappa shape index (κ1) is 14.7. The first-order valence-electron chi connectivity index (χ1n) is 4.98. The molecule has 18 heavy (non-hydrogen) atoms. The standard InChI is InChI=1S/C10H13ClN2O4S/c1-17-10(14)4-5-13-18(15,16)9-6-7(12)2-3-8(9)11/h2-3,6,13H,4-5,12H2,1H3. The van der Waals surface area contributed by atoms with E-state index in [-0.39, 0.29) is 28.6 Å². The molecular formula is C10H13ClN2O4S. The topological polar surface area (TPSA) is 98.5 Å². The summed E-state index contributed by atoms with van der Waals surface area (Å²) in [6, 6.07) is 4.14. The molecular weight excluding hydrogens is 280 g/mol. The Morgan fingerprint density at radius 3 is 2.78 bits per heavy atom. The van der Waals surface area contributed by atoms with Crippen molar-refractivity contribution < 1.29 is 17.9 Å². The molecule has 0 saturated carbocycles. The Balaban J connectivity index is 2.80. The number of nitrogen functional groups attached to an aromatic ring is 1. The van der Waals surface area contributed by atoms with Crippen molar-refractivity contribution in [1.82, 2.24) is 4.72 Å². The van der Waals surface area contributed by atoms with Crippen LogP contribution in [-0.4, -0.2) is 28.0 Å². The van der Waals surface area contributed by atoms with Crippen molar-refractivity contribution in [1.29, 1.82) is 0 Å². The summed E-state index contributed by atoms with van der Waals surface area (Å²) in [5, 5.41) is 0.0646. The third kappa shape index (κ3) is 3.86. The van der Waals surface area contributed by atoms with Crippen LogP contribution in [0.25, 0.3) is 0 Å². The Morgan fingerprint density at radius 2 is 2.17 bits per heavy atom. The van der Waals surface area contributed by atoms with Gasteiger partial charge in [-0.05, 0) is 18.2 Å². The van der Waals surface area contributed by atoms with Crippen LogP contribution in [0.3, 0.4) is 0 Å².